The predicted octanol–water partition coefficient (Wildman–Crippen LogP) is 2.94. The fourth-order valence-electron chi connectivity index (χ4n) is 3.49. The van der Waals surface area contributed by atoms with Gasteiger partial charge in [0.25, 0.3) is 0 Å². The zero-order valence-electron chi connectivity index (χ0n) is 11.6. The van der Waals surface area contributed by atoms with Crippen molar-refractivity contribution in [2.45, 2.75) is 51.7 Å². The quantitative estimate of drug-likeness (QED) is 0.445. The SMILES string of the molecule is CC[Si](CC)(CC)N1C(=O)C2CC=CCC2C1=O. The summed E-state index contributed by atoms with van der Waals surface area (Å²) in [5.74, 6) is 0.149. The van der Waals surface area contributed by atoms with E-state index in [1.807, 2.05) is 0 Å². The van der Waals surface area contributed by atoms with E-state index in [1.165, 1.54) is 0 Å². The van der Waals surface area contributed by atoms with E-state index in [0.29, 0.717) is 0 Å². The van der Waals surface area contributed by atoms with Gasteiger partial charge in [-0.2, -0.15) is 0 Å². The zero-order chi connectivity index (χ0) is 13.3. The normalized spacial score (nSPS) is 27.8. The molecule has 0 saturated carbocycles. The monoisotopic (exact) mass is 265 g/mol. The molecule has 0 N–H and O–H groups in total. The Kier molecular flexibility index (Phi) is 3.75. The molecule has 1 heterocycles. The van der Waals surface area contributed by atoms with Crippen LogP contribution in [0.15, 0.2) is 12.2 Å². The number of fused-ring (bicyclic) bond motifs is 1. The van der Waals surface area contributed by atoms with Crippen LogP contribution >= 0.6 is 0 Å². The Morgan fingerprint density at radius 1 is 1.00 bits per heavy atom. The van der Waals surface area contributed by atoms with Crippen molar-refractivity contribution in [1.82, 2.24) is 4.57 Å². The first-order valence-corrected chi connectivity index (χ1v) is 9.71. The number of imide groups is 1. The lowest BCUT2D eigenvalue weighted by Gasteiger charge is -2.36. The lowest BCUT2D eigenvalue weighted by molar-refractivity contribution is -0.134. The van der Waals surface area contributed by atoms with E-state index in [4.69, 9.17) is 0 Å². The summed E-state index contributed by atoms with van der Waals surface area (Å²) in [6, 6.07) is 2.97. The maximum absolute atomic E-state index is 12.6. The van der Waals surface area contributed by atoms with Gasteiger partial charge in [-0.3, -0.25) is 9.59 Å². The van der Waals surface area contributed by atoms with Crippen molar-refractivity contribution < 1.29 is 9.59 Å². The van der Waals surface area contributed by atoms with E-state index >= 15 is 0 Å². The lowest BCUT2D eigenvalue weighted by atomic mass is 9.85. The van der Waals surface area contributed by atoms with E-state index in [2.05, 4.69) is 32.9 Å². The molecule has 2 rings (SSSR count). The van der Waals surface area contributed by atoms with Gasteiger partial charge in [-0.15, -0.1) is 0 Å². The van der Waals surface area contributed by atoms with Crippen molar-refractivity contribution in [3.05, 3.63) is 12.2 Å². The molecule has 2 atom stereocenters. The molecule has 0 aromatic carbocycles. The summed E-state index contributed by atoms with van der Waals surface area (Å²) in [5.41, 5.74) is 0. The van der Waals surface area contributed by atoms with Crippen LogP contribution in [0.2, 0.25) is 18.1 Å². The minimum Gasteiger partial charge on any atom is -0.311 e. The molecule has 1 aliphatic heterocycles. The van der Waals surface area contributed by atoms with Gasteiger partial charge in [0.1, 0.15) is 0 Å². The Balaban J connectivity index is 2.35. The Hall–Kier alpha value is -0.903. The highest BCUT2D eigenvalue weighted by molar-refractivity contribution is 6.81. The van der Waals surface area contributed by atoms with Gasteiger partial charge in [-0.05, 0) is 31.0 Å². The fraction of sp³-hybridized carbons (Fsp3) is 0.714. The van der Waals surface area contributed by atoms with Crippen molar-refractivity contribution in [3.8, 4) is 0 Å². The summed E-state index contributed by atoms with van der Waals surface area (Å²) in [7, 11) is -1.89. The van der Waals surface area contributed by atoms with Gasteiger partial charge in [0.2, 0.25) is 11.8 Å². The van der Waals surface area contributed by atoms with Gasteiger partial charge in [-0.1, -0.05) is 32.9 Å². The number of hydrogen-bond donors (Lipinski definition) is 0. The molecule has 2 unspecified atom stereocenters. The standard InChI is InChI=1S/C14H23NO2Si/c1-4-18(5-2,6-3)15-13(16)11-9-7-8-10-12(11)14(15)17/h7-8,11-12H,4-6,9-10H2,1-3H3. The number of carbonyl (C=O) groups is 2. The first-order chi connectivity index (χ1) is 8.61. The molecular formula is C14H23NO2Si. The number of rotatable bonds is 4. The van der Waals surface area contributed by atoms with Crippen molar-refractivity contribution in [1.29, 1.82) is 0 Å². The van der Waals surface area contributed by atoms with Crippen LogP contribution in [0.1, 0.15) is 33.6 Å². The highest BCUT2D eigenvalue weighted by Gasteiger charge is 2.54. The van der Waals surface area contributed by atoms with Gasteiger partial charge < -0.3 is 4.57 Å². The van der Waals surface area contributed by atoms with Crippen molar-refractivity contribution in [2.75, 3.05) is 0 Å². The summed E-state index contributed by atoms with van der Waals surface area (Å²) in [5, 5.41) is 0. The second kappa shape index (κ2) is 5.00. The molecule has 1 aliphatic carbocycles. The number of amides is 2. The first kappa shape index (κ1) is 13.5. The molecule has 2 amide bonds. The lowest BCUT2D eigenvalue weighted by Crippen LogP contribution is -2.55. The van der Waals surface area contributed by atoms with Crippen molar-refractivity contribution >= 4 is 20.0 Å². The third kappa shape index (κ3) is 1.78. The molecule has 2 aliphatic rings. The van der Waals surface area contributed by atoms with E-state index in [0.717, 1.165) is 31.0 Å². The highest BCUT2D eigenvalue weighted by Crippen LogP contribution is 2.40. The third-order valence-electron chi connectivity index (χ3n) is 4.96. The van der Waals surface area contributed by atoms with Gasteiger partial charge in [0.15, 0.2) is 8.24 Å². The first-order valence-electron chi connectivity index (χ1n) is 7.14. The largest absolute Gasteiger partial charge is 0.311 e. The van der Waals surface area contributed by atoms with Gasteiger partial charge in [0, 0.05) is 0 Å². The summed E-state index contributed by atoms with van der Waals surface area (Å²) < 4.78 is 1.76. The molecule has 0 radical (unpaired) electrons. The molecular weight excluding hydrogens is 242 g/mol. The summed E-state index contributed by atoms with van der Waals surface area (Å²) in [6.07, 6.45) is 5.63. The Bertz CT molecular complexity index is 353. The van der Waals surface area contributed by atoms with E-state index in [1.54, 1.807) is 4.57 Å². The van der Waals surface area contributed by atoms with Crippen LogP contribution in [0, 0.1) is 11.8 Å². The Labute approximate surface area is 110 Å². The maximum Gasteiger partial charge on any atom is 0.225 e. The minimum atomic E-state index is -1.89. The molecule has 18 heavy (non-hydrogen) atoms. The van der Waals surface area contributed by atoms with Crippen LogP contribution in [-0.4, -0.2) is 24.6 Å². The highest BCUT2D eigenvalue weighted by atomic mass is 28.3. The van der Waals surface area contributed by atoms with Crippen molar-refractivity contribution in [2.24, 2.45) is 11.8 Å². The Morgan fingerprint density at radius 2 is 1.39 bits per heavy atom. The maximum atomic E-state index is 12.6. The van der Waals surface area contributed by atoms with Crippen LogP contribution in [0.25, 0.3) is 0 Å². The predicted molar refractivity (Wildman–Crippen MR) is 74.4 cm³/mol. The zero-order valence-corrected chi connectivity index (χ0v) is 12.6. The molecule has 0 spiro atoms. The molecule has 0 bridgehead atoms. The summed E-state index contributed by atoms with van der Waals surface area (Å²) >= 11 is 0. The number of allylic oxidation sites excluding steroid dienone is 2. The van der Waals surface area contributed by atoms with Crippen LogP contribution in [0.3, 0.4) is 0 Å². The molecule has 3 nitrogen and oxygen atoms in total. The van der Waals surface area contributed by atoms with E-state index < -0.39 is 8.24 Å². The average Bonchev–Trinajstić information content (AvgIpc) is 2.67. The molecule has 1 saturated heterocycles. The molecule has 1 fully saturated rings. The van der Waals surface area contributed by atoms with Gasteiger partial charge >= 0.3 is 0 Å². The van der Waals surface area contributed by atoms with Gasteiger partial charge in [-0.25, -0.2) is 0 Å². The van der Waals surface area contributed by atoms with Crippen LogP contribution < -0.4 is 0 Å². The number of carbonyl (C=O) groups excluding carboxylic acids is 2. The number of hydrogen-bond acceptors (Lipinski definition) is 2. The molecule has 0 aromatic heterocycles. The molecule has 100 valence electrons. The summed E-state index contributed by atoms with van der Waals surface area (Å²) in [6.45, 7) is 6.42. The van der Waals surface area contributed by atoms with E-state index in [9.17, 15) is 9.59 Å². The smallest absolute Gasteiger partial charge is 0.225 e. The van der Waals surface area contributed by atoms with Crippen molar-refractivity contribution in [3.63, 3.8) is 0 Å². The minimum absolute atomic E-state index is 0.0565. The van der Waals surface area contributed by atoms with Crippen LogP contribution in [0.5, 0.6) is 0 Å². The van der Waals surface area contributed by atoms with E-state index in [-0.39, 0.29) is 23.7 Å². The fourth-order valence-corrected chi connectivity index (χ4v) is 7.21. The summed E-state index contributed by atoms with van der Waals surface area (Å²) in [4.78, 5) is 25.2. The van der Waals surface area contributed by atoms with Crippen LogP contribution in [0.4, 0.5) is 0 Å². The second-order valence-corrected chi connectivity index (χ2v) is 10.5. The van der Waals surface area contributed by atoms with Gasteiger partial charge in [0.05, 0.1) is 11.8 Å². The second-order valence-electron chi connectivity index (χ2n) is 5.45. The average molecular weight is 265 g/mol. The third-order valence-corrected chi connectivity index (χ3v) is 10.3. The molecule has 4 heteroatoms. The van der Waals surface area contributed by atoms with Crippen LogP contribution in [-0.2, 0) is 9.59 Å². The molecule has 0 aromatic rings. The number of nitrogens with zero attached hydrogens (tertiary/aromatic N) is 1. The topological polar surface area (TPSA) is 37.4 Å². The Morgan fingerprint density at radius 3 is 1.72 bits per heavy atom.